The van der Waals surface area contributed by atoms with Gasteiger partial charge in [-0.25, -0.2) is 4.79 Å². The van der Waals surface area contributed by atoms with E-state index in [0.717, 1.165) is 0 Å². The third-order valence-corrected chi connectivity index (χ3v) is 2.81. The van der Waals surface area contributed by atoms with Gasteiger partial charge in [-0.05, 0) is 32.0 Å². The molecule has 0 spiro atoms. The Morgan fingerprint density at radius 2 is 1.86 bits per heavy atom. The summed E-state index contributed by atoms with van der Waals surface area (Å²) in [4.78, 5) is 23.5. The molecular formula is C13H14Cl3NO4. The summed E-state index contributed by atoms with van der Waals surface area (Å²) in [6, 6.07) is 4.46. The summed E-state index contributed by atoms with van der Waals surface area (Å²) in [6.45, 7) is 4.07. The molecule has 0 aliphatic carbocycles. The average Bonchev–Trinajstić information content (AvgIpc) is 2.39. The summed E-state index contributed by atoms with van der Waals surface area (Å²) in [5, 5.41) is 2.39. The fourth-order valence-corrected chi connectivity index (χ4v) is 1.60. The molecule has 8 heteroatoms. The van der Waals surface area contributed by atoms with Crippen LogP contribution in [-0.4, -0.2) is 28.9 Å². The normalized spacial score (nSPS) is 10.9. The van der Waals surface area contributed by atoms with Crippen LogP contribution in [-0.2, 0) is 9.53 Å². The van der Waals surface area contributed by atoms with Gasteiger partial charge in [-0.15, -0.1) is 0 Å². The SMILES string of the molecule is CCOC(=O)c1cc(NC(=O)C(Cl)(Cl)Cl)ccc1OCC. The monoisotopic (exact) mass is 353 g/mol. The van der Waals surface area contributed by atoms with Crippen LogP contribution < -0.4 is 10.1 Å². The predicted octanol–water partition coefficient (Wildman–Crippen LogP) is 3.57. The van der Waals surface area contributed by atoms with Gasteiger partial charge in [0.2, 0.25) is 0 Å². The molecule has 1 aromatic carbocycles. The summed E-state index contributed by atoms with van der Waals surface area (Å²) in [7, 11) is 0. The van der Waals surface area contributed by atoms with Crippen LogP contribution in [0.2, 0.25) is 0 Å². The van der Waals surface area contributed by atoms with Crippen LogP contribution in [0, 0.1) is 0 Å². The van der Waals surface area contributed by atoms with E-state index in [0.29, 0.717) is 12.4 Å². The van der Waals surface area contributed by atoms with E-state index in [-0.39, 0.29) is 17.9 Å². The van der Waals surface area contributed by atoms with E-state index in [1.54, 1.807) is 13.8 Å². The molecule has 5 nitrogen and oxygen atoms in total. The number of hydrogen-bond donors (Lipinski definition) is 1. The smallest absolute Gasteiger partial charge is 0.341 e. The van der Waals surface area contributed by atoms with Crippen molar-refractivity contribution in [3.8, 4) is 5.75 Å². The van der Waals surface area contributed by atoms with Crippen LogP contribution >= 0.6 is 34.8 Å². The summed E-state index contributed by atoms with van der Waals surface area (Å²) in [6.07, 6.45) is 0. The van der Waals surface area contributed by atoms with Crippen LogP contribution in [0.1, 0.15) is 24.2 Å². The summed E-state index contributed by atoms with van der Waals surface area (Å²) >= 11 is 16.4. The van der Waals surface area contributed by atoms with Crippen molar-refractivity contribution < 1.29 is 19.1 Å². The number of rotatable bonds is 5. The van der Waals surface area contributed by atoms with E-state index in [1.165, 1.54) is 18.2 Å². The minimum absolute atomic E-state index is 0.181. The van der Waals surface area contributed by atoms with Crippen LogP contribution in [0.5, 0.6) is 5.75 Å². The number of hydrogen-bond acceptors (Lipinski definition) is 4. The number of carbonyl (C=O) groups excluding carboxylic acids is 2. The Morgan fingerprint density at radius 1 is 1.19 bits per heavy atom. The largest absolute Gasteiger partial charge is 0.493 e. The van der Waals surface area contributed by atoms with Crippen molar-refractivity contribution in [1.29, 1.82) is 0 Å². The lowest BCUT2D eigenvalue weighted by atomic mass is 10.1. The Kier molecular flexibility index (Phi) is 6.58. The number of anilines is 1. The highest BCUT2D eigenvalue weighted by Crippen LogP contribution is 2.29. The molecule has 0 aliphatic rings. The zero-order valence-electron chi connectivity index (χ0n) is 11.4. The van der Waals surface area contributed by atoms with Gasteiger partial charge >= 0.3 is 5.97 Å². The third-order valence-electron chi connectivity index (χ3n) is 2.29. The van der Waals surface area contributed by atoms with Crippen LogP contribution in [0.25, 0.3) is 0 Å². The lowest BCUT2D eigenvalue weighted by molar-refractivity contribution is -0.115. The molecule has 1 amide bonds. The summed E-state index contributed by atoms with van der Waals surface area (Å²) in [5.41, 5.74) is 0.471. The molecule has 0 heterocycles. The Labute approximate surface area is 137 Å². The van der Waals surface area contributed by atoms with Crippen molar-refractivity contribution >= 4 is 52.4 Å². The van der Waals surface area contributed by atoms with Gasteiger partial charge in [-0.2, -0.15) is 0 Å². The minimum Gasteiger partial charge on any atom is -0.493 e. The van der Waals surface area contributed by atoms with Gasteiger partial charge < -0.3 is 14.8 Å². The van der Waals surface area contributed by atoms with Gasteiger partial charge in [0.25, 0.3) is 9.70 Å². The number of alkyl halides is 3. The fourth-order valence-electron chi connectivity index (χ4n) is 1.46. The molecule has 0 saturated carbocycles. The number of halogens is 3. The molecule has 0 saturated heterocycles. The first-order valence-electron chi connectivity index (χ1n) is 6.11. The third kappa shape index (κ3) is 5.26. The second-order valence-corrected chi connectivity index (χ2v) is 6.10. The van der Waals surface area contributed by atoms with Gasteiger partial charge in [0, 0.05) is 5.69 Å². The minimum atomic E-state index is -2.09. The first-order chi connectivity index (χ1) is 9.79. The van der Waals surface area contributed by atoms with Gasteiger partial charge in [-0.3, -0.25) is 4.79 Å². The number of amides is 1. The molecule has 0 fully saturated rings. The van der Waals surface area contributed by atoms with Crippen molar-refractivity contribution in [2.75, 3.05) is 18.5 Å². The van der Waals surface area contributed by atoms with E-state index < -0.39 is 15.7 Å². The molecule has 1 rings (SSSR count). The molecule has 0 unspecified atom stereocenters. The van der Waals surface area contributed by atoms with Gasteiger partial charge in [0.05, 0.1) is 13.2 Å². The number of carbonyl (C=O) groups is 2. The molecule has 1 aromatic rings. The second-order valence-electron chi connectivity index (χ2n) is 3.82. The van der Waals surface area contributed by atoms with Crippen molar-refractivity contribution in [1.82, 2.24) is 0 Å². The Balaban J connectivity index is 3.06. The van der Waals surface area contributed by atoms with Gasteiger partial charge in [0.15, 0.2) is 0 Å². The number of esters is 1. The Morgan fingerprint density at radius 3 is 2.38 bits per heavy atom. The van der Waals surface area contributed by atoms with E-state index in [1.807, 2.05) is 0 Å². The highest BCUT2D eigenvalue weighted by Gasteiger charge is 2.30. The van der Waals surface area contributed by atoms with Gasteiger partial charge in [-0.1, -0.05) is 34.8 Å². The molecular weight excluding hydrogens is 341 g/mol. The Bertz CT molecular complexity index is 529. The van der Waals surface area contributed by atoms with E-state index in [2.05, 4.69) is 5.32 Å². The molecule has 21 heavy (non-hydrogen) atoms. The quantitative estimate of drug-likeness (QED) is 0.648. The standard InChI is InChI=1S/C13H14Cl3NO4/c1-3-20-10-6-5-8(17-12(19)13(14,15)16)7-9(10)11(18)21-4-2/h5-7H,3-4H2,1-2H3,(H,17,19). The summed E-state index contributed by atoms with van der Waals surface area (Å²) in [5.74, 6) is -1.04. The highest BCUT2D eigenvalue weighted by molar-refractivity contribution is 6.76. The highest BCUT2D eigenvalue weighted by atomic mass is 35.6. The van der Waals surface area contributed by atoms with Crippen molar-refractivity contribution in [3.63, 3.8) is 0 Å². The molecule has 1 N–H and O–H groups in total. The first kappa shape index (κ1) is 17.9. The zero-order valence-corrected chi connectivity index (χ0v) is 13.7. The lowest BCUT2D eigenvalue weighted by Gasteiger charge is -2.14. The maximum Gasteiger partial charge on any atom is 0.341 e. The molecule has 116 valence electrons. The zero-order chi connectivity index (χ0) is 16.0. The molecule has 0 radical (unpaired) electrons. The Hall–Kier alpha value is -1.17. The first-order valence-corrected chi connectivity index (χ1v) is 7.25. The van der Waals surface area contributed by atoms with Gasteiger partial charge in [0.1, 0.15) is 11.3 Å². The topological polar surface area (TPSA) is 64.6 Å². The van der Waals surface area contributed by atoms with Crippen molar-refractivity contribution in [2.24, 2.45) is 0 Å². The van der Waals surface area contributed by atoms with E-state index in [4.69, 9.17) is 44.3 Å². The average molecular weight is 355 g/mol. The molecule has 0 aromatic heterocycles. The summed E-state index contributed by atoms with van der Waals surface area (Å²) < 4.78 is 8.18. The second kappa shape index (κ2) is 7.73. The molecule has 0 bridgehead atoms. The van der Waals surface area contributed by atoms with Crippen molar-refractivity contribution in [3.05, 3.63) is 23.8 Å². The predicted molar refractivity (Wildman–Crippen MR) is 82.5 cm³/mol. The van der Waals surface area contributed by atoms with E-state index in [9.17, 15) is 9.59 Å². The molecule has 0 atom stereocenters. The maximum atomic E-state index is 11.9. The van der Waals surface area contributed by atoms with Crippen LogP contribution in [0.15, 0.2) is 18.2 Å². The maximum absolute atomic E-state index is 11.9. The van der Waals surface area contributed by atoms with Crippen LogP contribution in [0.4, 0.5) is 5.69 Å². The number of nitrogens with one attached hydrogen (secondary N) is 1. The number of benzene rings is 1. The number of ether oxygens (including phenoxy) is 2. The lowest BCUT2D eigenvalue weighted by Crippen LogP contribution is -2.27. The molecule has 0 aliphatic heterocycles. The van der Waals surface area contributed by atoms with Crippen LogP contribution in [0.3, 0.4) is 0 Å². The van der Waals surface area contributed by atoms with E-state index >= 15 is 0 Å². The fraction of sp³-hybridized carbons (Fsp3) is 0.385. The van der Waals surface area contributed by atoms with Crippen molar-refractivity contribution in [2.45, 2.75) is 17.6 Å².